The molecule has 0 unspecified atom stereocenters. The Bertz CT molecular complexity index is 756. The summed E-state index contributed by atoms with van der Waals surface area (Å²) >= 11 is 0. The van der Waals surface area contributed by atoms with Gasteiger partial charge in [0.05, 0.1) is 12.7 Å². The molecule has 0 bridgehead atoms. The van der Waals surface area contributed by atoms with Gasteiger partial charge in [-0.15, -0.1) is 0 Å². The molecule has 3 rings (SSSR count). The summed E-state index contributed by atoms with van der Waals surface area (Å²) in [6.07, 6.45) is 0. The van der Waals surface area contributed by atoms with E-state index in [1.165, 1.54) is 7.11 Å². The number of benzene rings is 2. The molecule has 3 aromatic rings. The number of para-hydroxylation sites is 1. The number of aromatic nitrogens is 1. The fourth-order valence-electron chi connectivity index (χ4n) is 2.49. The molecule has 1 aromatic heterocycles. The molecule has 90 valence electrons. The van der Waals surface area contributed by atoms with Crippen LogP contribution < -0.4 is 0 Å². The van der Waals surface area contributed by atoms with E-state index in [9.17, 15) is 4.79 Å². The summed E-state index contributed by atoms with van der Waals surface area (Å²) in [5.74, 6) is -0.294. The van der Waals surface area contributed by atoms with E-state index in [-0.39, 0.29) is 5.97 Å². The minimum absolute atomic E-state index is 0.294. The Labute approximate surface area is 105 Å². The minimum atomic E-state index is -0.294. The summed E-state index contributed by atoms with van der Waals surface area (Å²) < 4.78 is 6.95. The van der Waals surface area contributed by atoms with Gasteiger partial charge >= 0.3 is 5.97 Å². The minimum Gasteiger partial charge on any atom is -0.465 e. The lowest BCUT2D eigenvalue weighted by Gasteiger charge is -2.02. The summed E-state index contributed by atoms with van der Waals surface area (Å²) in [5, 5.41) is 2.04. The molecule has 2 aromatic carbocycles. The van der Waals surface area contributed by atoms with Crippen molar-refractivity contribution in [1.82, 2.24) is 4.57 Å². The smallest absolute Gasteiger partial charge is 0.338 e. The lowest BCUT2D eigenvalue weighted by Crippen LogP contribution is -2.01. The lowest BCUT2D eigenvalue weighted by molar-refractivity contribution is 0.0603. The molecule has 0 aliphatic rings. The van der Waals surface area contributed by atoms with E-state index in [2.05, 4.69) is 10.6 Å². The van der Waals surface area contributed by atoms with E-state index in [0.717, 1.165) is 21.8 Å². The van der Waals surface area contributed by atoms with Crippen LogP contribution >= 0.6 is 0 Å². The molecule has 1 heterocycles. The predicted octanol–water partition coefficient (Wildman–Crippen LogP) is 3.12. The number of hydrogen-bond acceptors (Lipinski definition) is 2. The zero-order chi connectivity index (χ0) is 12.7. The highest BCUT2D eigenvalue weighted by Gasteiger charge is 2.15. The molecule has 0 radical (unpaired) electrons. The standard InChI is InChI=1S/C15H13NO2/c1-16-12-8-4-3-6-10(12)14-11(15(17)18-2)7-5-9-13(14)16/h3-9H,1-2H3. The molecule has 0 atom stereocenters. The number of rotatable bonds is 1. The second-order valence-electron chi connectivity index (χ2n) is 4.27. The van der Waals surface area contributed by atoms with Crippen LogP contribution in [0.3, 0.4) is 0 Å². The number of nitrogens with zero attached hydrogens (tertiary/aromatic N) is 1. The lowest BCUT2D eigenvalue weighted by atomic mass is 10.1. The largest absolute Gasteiger partial charge is 0.465 e. The van der Waals surface area contributed by atoms with Gasteiger partial charge in [-0.1, -0.05) is 24.3 Å². The molecular weight excluding hydrogens is 226 g/mol. The molecule has 0 spiro atoms. The Balaban J connectivity index is 2.54. The Hall–Kier alpha value is -2.29. The molecule has 18 heavy (non-hydrogen) atoms. The SMILES string of the molecule is COC(=O)c1cccc2c1c1ccccc1n2C. The number of esters is 1. The summed E-state index contributed by atoms with van der Waals surface area (Å²) in [7, 11) is 3.41. The van der Waals surface area contributed by atoms with Gasteiger partial charge < -0.3 is 9.30 Å². The van der Waals surface area contributed by atoms with Gasteiger partial charge in [0.1, 0.15) is 0 Å². The third kappa shape index (κ3) is 1.34. The van der Waals surface area contributed by atoms with Gasteiger partial charge in [0.2, 0.25) is 0 Å². The van der Waals surface area contributed by atoms with Gasteiger partial charge in [0.25, 0.3) is 0 Å². The van der Waals surface area contributed by atoms with Crippen molar-refractivity contribution >= 4 is 27.8 Å². The highest BCUT2D eigenvalue weighted by molar-refractivity contribution is 6.16. The van der Waals surface area contributed by atoms with Crippen molar-refractivity contribution in [3.05, 3.63) is 48.0 Å². The monoisotopic (exact) mass is 239 g/mol. The number of fused-ring (bicyclic) bond motifs is 3. The van der Waals surface area contributed by atoms with Gasteiger partial charge in [-0.05, 0) is 18.2 Å². The van der Waals surface area contributed by atoms with Gasteiger partial charge in [0, 0.05) is 28.9 Å². The third-order valence-electron chi connectivity index (χ3n) is 3.34. The molecule has 0 fully saturated rings. The van der Waals surface area contributed by atoms with Crippen molar-refractivity contribution in [2.24, 2.45) is 7.05 Å². The van der Waals surface area contributed by atoms with E-state index in [1.54, 1.807) is 6.07 Å². The number of hydrogen-bond donors (Lipinski definition) is 0. The van der Waals surface area contributed by atoms with Gasteiger partial charge in [0.15, 0.2) is 0 Å². The van der Waals surface area contributed by atoms with Crippen molar-refractivity contribution in [2.75, 3.05) is 7.11 Å². The van der Waals surface area contributed by atoms with E-state index < -0.39 is 0 Å². The first kappa shape index (κ1) is 10.8. The first-order valence-electron chi connectivity index (χ1n) is 5.78. The number of carbonyl (C=O) groups is 1. The Morgan fingerprint density at radius 1 is 1.06 bits per heavy atom. The van der Waals surface area contributed by atoms with Crippen LogP contribution in [0, 0.1) is 0 Å². The van der Waals surface area contributed by atoms with Crippen LogP contribution in [-0.4, -0.2) is 17.6 Å². The van der Waals surface area contributed by atoms with Gasteiger partial charge in [-0.25, -0.2) is 4.79 Å². The third-order valence-corrected chi connectivity index (χ3v) is 3.34. The second kappa shape index (κ2) is 3.88. The molecule has 0 aliphatic heterocycles. The molecule has 0 amide bonds. The van der Waals surface area contributed by atoms with E-state index in [4.69, 9.17) is 4.74 Å². The molecular formula is C15H13NO2. The van der Waals surface area contributed by atoms with Crippen LogP contribution in [0.15, 0.2) is 42.5 Å². The summed E-state index contributed by atoms with van der Waals surface area (Å²) in [5.41, 5.74) is 2.77. The maximum Gasteiger partial charge on any atom is 0.338 e. The fourth-order valence-corrected chi connectivity index (χ4v) is 2.49. The van der Waals surface area contributed by atoms with Crippen molar-refractivity contribution in [2.45, 2.75) is 0 Å². The molecule has 3 nitrogen and oxygen atoms in total. The quantitative estimate of drug-likeness (QED) is 0.611. The number of ether oxygens (including phenoxy) is 1. The normalized spacial score (nSPS) is 11.0. The average molecular weight is 239 g/mol. The predicted molar refractivity (Wildman–Crippen MR) is 71.8 cm³/mol. The van der Waals surface area contributed by atoms with E-state index in [0.29, 0.717) is 5.56 Å². The number of carbonyl (C=O) groups excluding carboxylic acids is 1. The number of methoxy groups -OCH3 is 1. The van der Waals surface area contributed by atoms with Crippen LogP contribution in [0.2, 0.25) is 0 Å². The van der Waals surface area contributed by atoms with Crippen LogP contribution in [0.1, 0.15) is 10.4 Å². The van der Waals surface area contributed by atoms with Crippen LogP contribution in [0.25, 0.3) is 21.8 Å². The van der Waals surface area contributed by atoms with Crippen molar-refractivity contribution < 1.29 is 9.53 Å². The maximum atomic E-state index is 11.8. The summed E-state index contributed by atoms with van der Waals surface area (Å²) in [4.78, 5) is 11.8. The highest BCUT2D eigenvalue weighted by atomic mass is 16.5. The topological polar surface area (TPSA) is 31.2 Å². The van der Waals surface area contributed by atoms with Crippen molar-refractivity contribution in [3.63, 3.8) is 0 Å². The Kier molecular flexibility index (Phi) is 2.33. The van der Waals surface area contributed by atoms with Gasteiger partial charge in [-0.2, -0.15) is 0 Å². The highest BCUT2D eigenvalue weighted by Crippen LogP contribution is 2.30. The van der Waals surface area contributed by atoms with Crippen molar-refractivity contribution in [3.8, 4) is 0 Å². The molecule has 0 aliphatic carbocycles. The van der Waals surface area contributed by atoms with Crippen LogP contribution in [0.4, 0.5) is 0 Å². The molecule has 3 heteroatoms. The Morgan fingerprint density at radius 3 is 2.56 bits per heavy atom. The fraction of sp³-hybridized carbons (Fsp3) is 0.133. The average Bonchev–Trinajstić information content (AvgIpc) is 2.72. The van der Waals surface area contributed by atoms with E-state index in [1.807, 2.05) is 37.4 Å². The molecule has 0 saturated heterocycles. The molecule has 0 saturated carbocycles. The maximum absolute atomic E-state index is 11.8. The van der Waals surface area contributed by atoms with Gasteiger partial charge in [-0.3, -0.25) is 0 Å². The second-order valence-corrected chi connectivity index (χ2v) is 4.27. The Morgan fingerprint density at radius 2 is 1.78 bits per heavy atom. The first-order chi connectivity index (χ1) is 8.74. The van der Waals surface area contributed by atoms with Crippen LogP contribution in [0.5, 0.6) is 0 Å². The van der Waals surface area contributed by atoms with Crippen LogP contribution in [-0.2, 0) is 11.8 Å². The summed E-state index contributed by atoms with van der Waals surface area (Å²) in [6, 6.07) is 13.8. The van der Waals surface area contributed by atoms with E-state index >= 15 is 0 Å². The zero-order valence-corrected chi connectivity index (χ0v) is 10.3. The number of aryl methyl sites for hydroxylation is 1. The first-order valence-corrected chi connectivity index (χ1v) is 5.78. The van der Waals surface area contributed by atoms with Crippen molar-refractivity contribution in [1.29, 1.82) is 0 Å². The molecule has 0 N–H and O–H groups in total. The summed E-state index contributed by atoms with van der Waals surface area (Å²) in [6.45, 7) is 0. The zero-order valence-electron chi connectivity index (χ0n) is 10.3.